The van der Waals surface area contributed by atoms with Crippen molar-refractivity contribution in [1.82, 2.24) is 14.4 Å². The molecule has 0 saturated carbocycles. The Balaban J connectivity index is 0.000000240. The van der Waals surface area contributed by atoms with Crippen LogP contribution in [0.15, 0.2) is 67.1 Å². The lowest BCUT2D eigenvalue weighted by molar-refractivity contribution is -0.105. The van der Waals surface area contributed by atoms with Crippen LogP contribution >= 0.6 is 0 Å². The van der Waals surface area contributed by atoms with Crippen LogP contribution in [0.4, 0.5) is 11.4 Å². The van der Waals surface area contributed by atoms with Gasteiger partial charge in [-0.1, -0.05) is 19.1 Å². The van der Waals surface area contributed by atoms with Crippen LogP contribution < -0.4 is 16.0 Å². The van der Waals surface area contributed by atoms with Crippen molar-refractivity contribution in [2.24, 2.45) is 5.73 Å². The minimum atomic E-state index is 0.344. The molecule has 1 atom stereocenters. The molecule has 0 spiro atoms. The van der Waals surface area contributed by atoms with Gasteiger partial charge in [-0.3, -0.25) is 14.0 Å². The van der Waals surface area contributed by atoms with Crippen LogP contribution in [0, 0.1) is 11.3 Å². The fraction of sp³-hybridized carbons (Fsp3) is 0.222. The number of fused-ring (bicyclic) bond motifs is 1. The molecule has 0 aliphatic carbocycles. The molecule has 2 aromatic carbocycles. The first-order valence-corrected chi connectivity index (χ1v) is 11.3. The molecule has 186 valence electrons. The Hall–Kier alpha value is -4.55. The number of carbonyl (C=O) groups is 2. The van der Waals surface area contributed by atoms with Crippen molar-refractivity contribution in [3.8, 4) is 17.3 Å². The van der Waals surface area contributed by atoms with Gasteiger partial charge in [0, 0.05) is 43.3 Å². The van der Waals surface area contributed by atoms with Crippen LogP contribution in [0.25, 0.3) is 16.9 Å². The van der Waals surface area contributed by atoms with Crippen molar-refractivity contribution in [2.45, 2.75) is 26.3 Å². The zero-order chi connectivity index (χ0) is 26.5. The van der Waals surface area contributed by atoms with E-state index in [1.54, 1.807) is 35.1 Å². The van der Waals surface area contributed by atoms with Gasteiger partial charge in [-0.05, 0) is 49.7 Å². The van der Waals surface area contributed by atoms with Crippen molar-refractivity contribution in [1.29, 1.82) is 5.26 Å². The summed E-state index contributed by atoms with van der Waals surface area (Å²) in [5, 5.41) is 11.1. The van der Waals surface area contributed by atoms with E-state index in [1.165, 1.54) is 0 Å². The van der Waals surface area contributed by atoms with Crippen LogP contribution in [0.1, 0.15) is 36.3 Å². The molecule has 1 unspecified atom stereocenters. The predicted molar refractivity (Wildman–Crippen MR) is 143 cm³/mol. The van der Waals surface area contributed by atoms with Crippen molar-refractivity contribution in [3.05, 3.63) is 78.4 Å². The minimum absolute atomic E-state index is 0.344. The van der Waals surface area contributed by atoms with Crippen molar-refractivity contribution in [3.63, 3.8) is 0 Å². The number of amides is 1. The molecule has 9 nitrogen and oxygen atoms in total. The Labute approximate surface area is 211 Å². The Morgan fingerprint density at radius 2 is 1.72 bits per heavy atom. The maximum atomic E-state index is 10.8. The summed E-state index contributed by atoms with van der Waals surface area (Å²) < 4.78 is 1.80. The van der Waals surface area contributed by atoms with Crippen molar-refractivity contribution >= 4 is 29.7 Å². The lowest BCUT2D eigenvalue weighted by Crippen LogP contribution is -2.11. The largest absolute Gasteiger partial charge is 0.378 e. The van der Waals surface area contributed by atoms with E-state index in [1.807, 2.05) is 62.3 Å². The van der Waals surface area contributed by atoms with Crippen LogP contribution in [0.3, 0.4) is 0 Å². The molecule has 0 fully saturated rings. The van der Waals surface area contributed by atoms with Crippen LogP contribution in [-0.4, -0.2) is 47.2 Å². The monoisotopic (exact) mass is 485 g/mol. The molecule has 1 amide bonds. The smallest absolute Gasteiger partial charge is 0.211 e. The molecule has 0 saturated heterocycles. The number of rotatable bonds is 6. The summed E-state index contributed by atoms with van der Waals surface area (Å²) in [6.07, 6.45) is 7.32. The average Bonchev–Trinajstić information content (AvgIpc) is 3.33. The summed E-state index contributed by atoms with van der Waals surface area (Å²) in [6, 6.07) is 17.3. The quantitative estimate of drug-likeness (QED) is 0.393. The van der Waals surface area contributed by atoms with Gasteiger partial charge in [0.05, 0.1) is 29.7 Å². The summed E-state index contributed by atoms with van der Waals surface area (Å²) in [6.45, 7) is 4.07. The second kappa shape index (κ2) is 14.0. The zero-order valence-corrected chi connectivity index (χ0v) is 20.9. The highest BCUT2D eigenvalue weighted by Crippen LogP contribution is 2.22. The molecule has 36 heavy (non-hydrogen) atoms. The van der Waals surface area contributed by atoms with Crippen LogP contribution in [0.2, 0.25) is 0 Å². The maximum absolute atomic E-state index is 10.8. The number of aldehydes is 1. The molecular formula is C27H31N7O2. The first kappa shape index (κ1) is 27.7. The van der Waals surface area contributed by atoms with Gasteiger partial charge in [0.1, 0.15) is 5.69 Å². The lowest BCUT2D eigenvalue weighted by Gasteiger charge is -2.11. The van der Waals surface area contributed by atoms with E-state index in [2.05, 4.69) is 28.3 Å². The second-order valence-electron chi connectivity index (χ2n) is 8.08. The summed E-state index contributed by atoms with van der Waals surface area (Å²) >= 11 is 0. The normalized spacial score (nSPS) is 10.6. The first-order chi connectivity index (χ1) is 17.3. The SMILES string of the molecule is CCC(C)N.CN(C)c1ccc(C#N)cc1.O=CNc1ccc(-c2cnc3cnc(C=O)cn23)cc1. The molecule has 2 heterocycles. The average molecular weight is 486 g/mol. The topological polar surface area (TPSA) is 129 Å². The highest BCUT2D eigenvalue weighted by molar-refractivity contribution is 5.75. The van der Waals surface area contributed by atoms with Crippen LogP contribution in [0.5, 0.6) is 0 Å². The van der Waals surface area contributed by atoms with Gasteiger partial charge in [-0.2, -0.15) is 5.26 Å². The Morgan fingerprint density at radius 3 is 2.22 bits per heavy atom. The van der Waals surface area contributed by atoms with Gasteiger partial charge in [0.2, 0.25) is 6.41 Å². The number of hydrogen-bond acceptors (Lipinski definition) is 7. The van der Waals surface area contributed by atoms with E-state index in [0.29, 0.717) is 41.3 Å². The highest BCUT2D eigenvalue weighted by atomic mass is 16.1. The van der Waals surface area contributed by atoms with Gasteiger partial charge >= 0.3 is 0 Å². The number of nitrogens with one attached hydrogen (secondary N) is 1. The summed E-state index contributed by atoms with van der Waals surface area (Å²) in [4.78, 5) is 31.4. The van der Waals surface area contributed by atoms with E-state index in [9.17, 15) is 9.59 Å². The number of carbonyl (C=O) groups excluding carboxylic acids is 2. The van der Waals surface area contributed by atoms with E-state index < -0.39 is 0 Å². The molecular weight excluding hydrogens is 454 g/mol. The molecule has 0 bridgehead atoms. The van der Waals surface area contributed by atoms with E-state index in [-0.39, 0.29) is 0 Å². The third-order valence-corrected chi connectivity index (χ3v) is 5.10. The lowest BCUT2D eigenvalue weighted by atomic mass is 10.1. The molecule has 0 radical (unpaired) electrons. The number of anilines is 2. The molecule has 4 aromatic rings. The Kier molecular flexibility index (Phi) is 10.8. The number of benzene rings is 2. The number of aromatic nitrogens is 3. The molecule has 3 N–H and O–H groups in total. The predicted octanol–water partition coefficient (Wildman–Crippen LogP) is 4.14. The zero-order valence-electron chi connectivity index (χ0n) is 20.9. The Morgan fingerprint density at radius 1 is 1.08 bits per heavy atom. The Bertz CT molecular complexity index is 1290. The fourth-order valence-electron chi connectivity index (χ4n) is 2.82. The van der Waals surface area contributed by atoms with E-state index in [4.69, 9.17) is 11.0 Å². The van der Waals surface area contributed by atoms with Gasteiger partial charge in [-0.15, -0.1) is 0 Å². The fourth-order valence-corrected chi connectivity index (χ4v) is 2.82. The molecule has 4 rings (SSSR count). The number of nitrogens with zero attached hydrogens (tertiary/aromatic N) is 5. The van der Waals surface area contributed by atoms with Gasteiger partial charge in [0.15, 0.2) is 11.9 Å². The molecule has 2 aromatic heterocycles. The second-order valence-corrected chi connectivity index (χ2v) is 8.08. The molecule has 0 aliphatic rings. The first-order valence-electron chi connectivity index (χ1n) is 11.3. The third kappa shape index (κ3) is 8.04. The molecule has 0 aliphatic heterocycles. The summed E-state index contributed by atoms with van der Waals surface area (Å²) in [5.41, 5.74) is 10.6. The summed E-state index contributed by atoms with van der Waals surface area (Å²) in [7, 11) is 3.95. The number of nitrogens with two attached hydrogens (primary N) is 1. The van der Waals surface area contributed by atoms with E-state index >= 15 is 0 Å². The third-order valence-electron chi connectivity index (χ3n) is 5.10. The van der Waals surface area contributed by atoms with Gasteiger partial charge < -0.3 is 16.0 Å². The number of nitriles is 1. The highest BCUT2D eigenvalue weighted by Gasteiger charge is 2.07. The van der Waals surface area contributed by atoms with Crippen molar-refractivity contribution < 1.29 is 9.59 Å². The number of hydrogen-bond donors (Lipinski definition) is 2. The molecule has 9 heteroatoms. The van der Waals surface area contributed by atoms with Gasteiger partial charge in [-0.25, -0.2) is 9.97 Å². The minimum Gasteiger partial charge on any atom is -0.378 e. The van der Waals surface area contributed by atoms with Gasteiger partial charge in [0.25, 0.3) is 0 Å². The van der Waals surface area contributed by atoms with Crippen LogP contribution in [-0.2, 0) is 4.79 Å². The maximum Gasteiger partial charge on any atom is 0.211 e. The standard InChI is InChI=1S/C14H10N4O2.C9H10N2.C4H11N/c19-8-12-7-18-13(5-16-14(18)6-15-12)10-1-3-11(4-2-10)17-9-20;1-11(2)9-5-3-8(7-10)4-6-9;1-3-4(2)5/h1-9H,(H,17,20);3-6H,1-2H3;4H,3,5H2,1-2H3. The van der Waals surface area contributed by atoms with E-state index in [0.717, 1.165) is 23.4 Å². The van der Waals surface area contributed by atoms with Crippen molar-refractivity contribution in [2.75, 3.05) is 24.3 Å². The number of imidazole rings is 1. The summed E-state index contributed by atoms with van der Waals surface area (Å²) in [5.74, 6) is 0.